The van der Waals surface area contributed by atoms with Crippen molar-refractivity contribution >= 4 is 5.91 Å². The Hall–Kier alpha value is -2.38. The van der Waals surface area contributed by atoms with E-state index in [-0.39, 0.29) is 12.1 Å². The van der Waals surface area contributed by atoms with Gasteiger partial charge in [0, 0.05) is 25.4 Å². The number of benzene rings is 1. The number of carbonyl (C=O) groups is 1. The third kappa shape index (κ3) is 3.84. The topological polar surface area (TPSA) is 46.9 Å². The molecule has 0 saturated heterocycles. The minimum Gasteiger partial charge on any atom is -0.352 e. The molecule has 0 radical (unpaired) electrons. The molecule has 22 heavy (non-hydrogen) atoms. The summed E-state index contributed by atoms with van der Waals surface area (Å²) in [5.41, 5.74) is -0.801. The highest BCUT2D eigenvalue weighted by atomic mass is 19.4. The summed E-state index contributed by atoms with van der Waals surface area (Å²) in [6.07, 6.45) is -0.944. The highest BCUT2D eigenvalue weighted by molar-refractivity contribution is 5.94. The summed E-state index contributed by atoms with van der Waals surface area (Å²) < 4.78 is 52.5. The van der Waals surface area contributed by atoms with Gasteiger partial charge in [-0.2, -0.15) is 18.3 Å². The second-order valence-electron chi connectivity index (χ2n) is 4.72. The highest BCUT2D eigenvalue weighted by Gasteiger charge is 2.34. The van der Waals surface area contributed by atoms with Gasteiger partial charge in [-0.05, 0) is 30.2 Å². The molecule has 0 fully saturated rings. The van der Waals surface area contributed by atoms with E-state index in [9.17, 15) is 22.4 Å². The number of aryl methyl sites for hydroxylation is 1. The molecule has 1 amide bonds. The number of alkyl halides is 3. The number of hydrogen-bond donors (Lipinski definition) is 1. The highest BCUT2D eigenvalue weighted by Crippen LogP contribution is 2.31. The average Bonchev–Trinajstić information content (AvgIpc) is 2.83. The number of nitrogens with zero attached hydrogens (tertiary/aromatic N) is 2. The van der Waals surface area contributed by atoms with Gasteiger partial charge in [-0.3, -0.25) is 9.48 Å². The zero-order valence-corrected chi connectivity index (χ0v) is 11.6. The minimum atomic E-state index is -4.84. The molecule has 118 valence electrons. The van der Waals surface area contributed by atoms with Crippen LogP contribution in [-0.2, 0) is 19.6 Å². The standard InChI is InChI=1S/C14H13F4N3O/c1-21-8-9(7-20-21)4-5-19-13(22)10-2-3-12(15)11(6-10)14(16,17)18/h2-3,6-8H,4-5H2,1H3,(H,19,22). The fraction of sp³-hybridized carbons (Fsp3) is 0.286. The third-order valence-electron chi connectivity index (χ3n) is 2.99. The van der Waals surface area contributed by atoms with Crippen molar-refractivity contribution in [1.82, 2.24) is 15.1 Å². The van der Waals surface area contributed by atoms with Gasteiger partial charge in [0.25, 0.3) is 5.91 Å². The molecule has 8 heteroatoms. The Balaban J connectivity index is 2.00. The quantitative estimate of drug-likeness (QED) is 0.882. The summed E-state index contributed by atoms with van der Waals surface area (Å²) in [6.45, 7) is 0.239. The summed E-state index contributed by atoms with van der Waals surface area (Å²) in [5, 5.41) is 6.45. The van der Waals surface area contributed by atoms with Gasteiger partial charge >= 0.3 is 6.18 Å². The van der Waals surface area contributed by atoms with E-state index in [0.717, 1.165) is 11.6 Å². The van der Waals surface area contributed by atoms with E-state index in [1.165, 1.54) is 0 Å². The third-order valence-corrected chi connectivity index (χ3v) is 2.99. The van der Waals surface area contributed by atoms with E-state index in [4.69, 9.17) is 0 Å². The first-order valence-corrected chi connectivity index (χ1v) is 6.40. The maximum atomic E-state index is 13.1. The Labute approximate surface area is 123 Å². The molecule has 0 atom stereocenters. The fourth-order valence-electron chi connectivity index (χ4n) is 1.91. The number of carbonyl (C=O) groups excluding carboxylic acids is 1. The first-order chi connectivity index (χ1) is 10.3. The minimum absolute atomic E-state index is 0.236. The lowest BCUT2D eigenvalue weighted by Crippen LogP contribution is -2.26. The van der Waals surface area contributed by atoms with Gasteiger partial charge in [-0.25, -0.2) is 4.39 Å². The van der Waals surface area contributed by atoms with Crippen LogP contribution in [0.1, 0.15) is 21.5 Å². The Bertz CT molecular complexity index is 679. The molecule has 1 heterocycles. The number of halogens is 4. The van der Waals surface area contributed by atoms with Crippen molar-refractivity contribution in [3.05, 3.63) is 53.1 Å². The number of amides is 1. The lowest BCUT2D eigenvalue weighted by atomic mass is 10.1. The molecular weight excluding hydrogens is 302 g/mol. The van der Waals surface area contributed by atoms with Crippen molar-refractivity contribution in [1.29, 1.82) is 0 Å². The Morgan fingerprint density at radius 1 is 1.36 bits per heavy atom. The zero-order chi connectivity index (χ0) is 16.3. The van der Waals surface area contributed by atoms with Crippen LogP contribution in [-0.4, -0.2) is 22.2 Å². The molecule has 2 aromatic rings. The van der Waals surface area contributed by atoms with Crippen LogP contribution in [0.5, 0.6) is 0 Å². The monoisotopic (exact) mass is 315 g/mol. The maximum absolute atomic E-state index is 13.1. The first-order valence-electron chi connectivity index (χ1n) is 6.40. The first kappa shape index (κ1) is 16.0. The van der Waals surface area contributed by atoms with Crippen LogP contribution >= 0.6 is 0 Å². The number of hydrogen-bond acceptors (Lipinski definition) is 2. The Morgan fingerprint density at radius 2 is 2.09 bits per heavy atom. The molecule has 0 spiro atoms. The van der Waals surface area contributed by atoms with Crippen molar-refractivity contribution in [3.63, 3.8) is 0 Å². The van der Waals surface area contributed by atoms with Gasteiger partial charge in [0.05, 0.1) is 11.8 Å². The van der Waals surface area contributed by atoms with Gasteiger partial charge in [-0.1, -0.05) is 0 Å². The van der Waals surface area contributed by atoms with Crippen molar-refractivity contribution in [2.24, 2.45) is 7.05 Å². The van der Waals surface area contributed by atoms with E-state index >= 15 is 0 Å². The summed E-state index contributed by atoms with van der Waals surface area (Å²) in [4.78, 5) is 11.8. The summed E-state index contributed by atoms with van der Waals surface area (Å²) in [7, 11) is 1.75. The molecule has 1 aromatic carbocycles. The van der Waals surface area contributed by atoms with E-state index in [1.807, 2.05) is 0 Å². The molecule has 0 aliphatic heterocycles. The number of rotatable bonds is 4. The molecular formula is C14H13F4N3O. The van der Waals surface area contributed by atoms with Gasteiger partial charge in [0.1, 0.15) is 5.82 Å². The van der Waals surface area contributed by atoms with Crippen LogP contribution in [0.4, 0.5) is 17.6 Å². The van der Waals surface area contributed by atoms with Crippen molar-refractivity contribution in [2.75, 3.05) is 6.54 Å². The van der Waals surface area contributed by atoms with E-state index in [2.05, 4.69) is 10.4 Å². The van der Waals surface area contributed by atoms with Crippen LogP contribution in [0.15, 0.2) is 30.6 Å². The van der Waals surface area contributed by atoms with Gasteiger partial charge in [0.2, 0.25) is 0 Å². The summed E-state index contributed by atoms with van der Waals surface area (Å²) in [6, 6.07) is 2.16. The smallest absolute Gasteiger partial charge is 0.352 e. The SMILES string of the molecule is Cn1cc(CCNC(=O)c2ccc(F)c(C(F)(F)F)c2)cn1. The fourth-order valence-corrected chi connectivity index (χ4v) is 1.91. The van der Waals surface area contributed by atoms with Gasteiger partial charge < -0.3 is 5.32 Å². The van der Waals surface area contributed by atoms with E-state index in [0.29, 0.717) is 18.6 Å². The van der Waals surface area contributed by atoms with Crippen LogP contribution in [0.25, 0.3) is 0 Å². The van der Waals surface area contributed by atoms with Crippen molar-refractivity contribution < 1.29 is 22.4 Å². The largest absolute Gasteiger partial charge is 0.419 e. The van der Waals surface area contributed by atoms with Crippen LogP contribution in [0.3, 0.4) is 0 Å². The van der Waals surface area contributed by atoms with Crippen molar-refractivity contribution in [3.8, 4) is 0 Å². The number of aromatic nitrogens is 2. The van der Waals surface area contributed by atoms with Gasteiger partial charge in [-0.15, -0.1) is 0 Å². The summed E-state index contributed by atoms with van der Waals surface area (Å²) >= 11 is 0. The Kier molecular flexibility index (Phi) is 4.48. The molecule has 0 unspecified atom stereocenters. The van der Waals surface area contributed by atoms with Crippen molar-refractivity contribution in [2.45, 2.75) is 12.6 Å². The summed E-state index contributed by atoms with van der Waals surface area (Å²) in [5.74, 6) is -2.09. The van der Waals surface area contributed by atoms with Crippen LogP contribution in [0.2, 0.25) is 0 Å². The predicted octanol–water partition coefficient (Wildman–Crippen LogP) is 2.55. The predicted molar refractivity (Wildman–Crippen MR) is 70.6 cm³/mol. The second kappa shape index (κ2) is 6.17. The van der Waals surface area contributed by atoms with Gasteiger partial charge in [0.15, 0.2) is 0 Å². The molecule has 2 rings (SSSR count). The molecule has 0 aliphatic rings. The lowest BCUT2D eigenvalue weighted by Gasteiger charge is -2.10. The molecule has 1 aromatic heterocycles. The molecule has 4 nitrogen and oxygen atoms in total. The molecule has 0 aliphatic carbocycles. The average molecular weight is 315 g/mol. The second-order valence-corrected chi connectivity index (χ2v) is 4.72. The molecule has 1 N–H and O–H groups in total. The normalized spacial score (nSPS) is 11.5. The van der Waals surface area contributed by atoms with Crippen LogP contribution < -0.4 is 5.32 Å². The lowest BCUT2D eigenvalue weighted by molar-refractivity contribution is -0.140. The Morgan fingerprint density at radius 3 is 2.68 bits per heavy atom. The maximum Gasteiger partial charge on any atom is 0.419 e. The van der Waals surface area contributed by atoms with E-state index in [1.54, 1.807) is 24.1 Å². The number of nitrogens with one attached hydrogen (secondary N) is 1. The van der Waals surface area contributed by atoms with Crippen LogP contribution in [0, 0.1) is 5.82 Å². The molecule has 0 bridgehead atoms. The zero-order valence-electron chi connectivity index (χ0n) is 11.6. The van der Waals surface area contributed by atoms with E-state index < -0.39 is 23.5 Å². The molecule has 0 saturated carbocycles.